The third-order valence-corrected chi connectivity index (χ3v) is 3.57. The van der Waals surface area contributed by atoms with E-state index in [1.165, 1.54) is 0 Å². The molecule has 2 aromatic carbocycles. The first-order valence-corrected chi connectivity index (χ1v) is 7.72. The van der Waals surface area contributed by atoms with Crippen LogP contribution in [-0.4, -0.2) is 19.6 Å². The Hall–Kier alpha value is -2.49. The van der Waals surface area contributed by atoms with Crippen LogP contribution in [-0.2, 0) is 4.79 Å². The number of benzene rings is 2. The van der Waals surface area contributed by atoms with E-state index in [2.05, 4.69) is 5.32 Å². The third-order valence-electron chi connectivity index (χ3n) is 3.57. The maximum absolute atomic E-state index is 12.1. The number of aryl methyl sites for hydroxylation is 1. The van der Waals surface area contributed by atoms with Gasteiger partial charge < -0.3 is 14.8 Å². The van der Waals surface area contributed by atoms with E-state index < -0.39 is 0 Å². The van der Waals surface area contributed by atoms with Gasteiger partial charge in [-0.25, -0.2) is 0 Å². The number of carbonyl (C=O) groups is 1. The van der Waals surface area contributed by atoms with Crippen molar-refractivity contribution in [2.24, 2.45) is 0 Å². The molecule has 0 spiro atoms. The second-order valence-electron chi connectivity index (χ2n) is 5.45. The predicted octanol–water partition coefficient (Wildman–Crippen LogP) is 3.65. The highest BCUT2D eigenvalue weighted by atomic mass is 16.5. The van der Waals surface area contributed by atoms with E-state index in [4.69, 9.17) is 9.47 Å². The average molecular weight is 313 g/mol. The Bertz CT molecular complexity index is 655. The molecule has 0 aliphatic heterocycles. The van der Waals surface area contributed by atoms with Crippen molar-refractivity contribution in [3.63, 3.8) is 0 Å². The van der Waals surface area contributed by atoms with Gasteiger partial charge >= 0.3 is 0 Å². The molecular formula is C19H23NO3. The van der Waals surface area contributed by atoms with Gasteiger partial charge in [0.15, 0.2) is 0 Å². The van der Waals surface area contributed by atoms with Crippen LogP contribution in [0.4, 0.5) is 0 Å². The predicted molar refractivity (Wildman–Crippen MR) is 90.8 cm³/mol. The van der Waals surface area contributed by atoms with Crippen molar-refractivity contribution < 1.29 is 14.3 Å². The Morgan fingerprint density at radius 2 is 1.96 bits per heavy atom. The van der Waals surface area contributed by atoms with Crippen LogP contribution in [0.15, 0.2) is 48.5 Å². The lowest BCUT2D eigenvalue weighted by atomic mass is 10.1. The highest BCUT2D eigenvalue weighted by molar-refractivity contribution is 5.76. The van der Waals surface area contributed by atoms with E-state index in [0.29, 0.717) is 13.0 Å². The molecule has 0 saturated heterocycles. The first-order chi connectivity index (χ1) is 11.1. The number of amides is 1. The summed E-state index contributed by atoms with van der Waals surface area (Å²) in [4.78, 5) is 12.1. The summed E-state index contributed by atoms with van der Waals surface area (Å²) < 4.78 is 10.9. The topological polar surface area (TPSA) is 47.6 Å². The average Bonchev–Trinajstić information content (AvgIpc) is 2.54. The Morgan fingerprint density at radius 3 is 2.70 bits per heavy atom. The Morgan fingerprint density at radius 1 is 1.17 bits per heavy atom. The monoisotopic (exact) mass is 313 g/mol. The minimum atomic E-state index is -0.113. The molecule has 0 aliphatic rings. The van der Waals surface area contributed by atoms with Crippen molar-refractivity contribution in [2.45, 2.75) is 26.3 Å². The maximum Gasteiger partial charge on any atom is 0.223 e. The number of methoxy groups -OCH3 is 1. The molecule has 1 N–H and O–H groups in total. The molecule has 0 aromatic heterocycles. The highest BCUT2D eigenvalue weighted by Crippen LogP contribution is 2.24. The summed E-state index contributed by atoms with van der Waals surface area (Å²) in [7, 11) is 1.63. The Balaban J connectivity index is 1.82. The molecule has 0 fully saturated rings. The number of para-hydroxylation sites is 1. The van der Waals surface area contributed by atoms with Gasteiger partial charge in [-0.05, 0) is 37.6 Å². The van der Waals surface area contributed by atoms with Gasteiger partial charge in [0.25, 0.3) is 0 Å². The Labute approximate surface area is 137 Å². The third kappa shape index (κ3) is 5.02. The summed E-state index contributed by atoms with van der Waals surface area (Å²) in [6.45, 7) is 4.31. The van der Waals surface area contributed by atoms with Crippen LogP contribution in [0.25, 0.3) is 0 Å². The van der Waals surface area contributed by atoms with Crippen LogP contribution in [0.1, 0.15) is 30.5 Å². The van der Waals surface area contributed by atoms with Crippen molar-refractivity contribution in [3.05, 3.63) is 59.7 Å². The molecule has 1 atom stereocenters. The second kappa shape index (κ2) is 8.22. The van der Waals surface area contributed by atoms with Crippen LogP contribution >= 0.6 is 0 Å². The van der Waals surface area contributed by atoms with Crippen LogP contribution < -0.4 is 14.8 Å². The lowest BCUT2D eigenvalue weighted by molar-refractivity contribution is -0.122. The number of hydrogen-bond acceptors (Lipinski definition) is 3. The van der Waals surface area contributed by atoms with Gasteiger partial charge in [-0.15, -0.1) is 0 Å². The van der Waals surface area contributed by atoms with Crippen molar-refractivity contribution in [3.8, 4) is 11.5 Å². The lowest BCUT2D eigenvalue weighted by Crippen LogP contribution is -2.28. The van der Waals surface area contributed by atoms with E-state index >= 15 is 0 Å². The van der Waals surface area contributed by atoms with Gasteiger partial charge in [-0.1, -0.05) is 30.3 Å². The van der Waals surface area contributed by atoms with Crippen LogP contribution in [0.3, 0.4) is 0 Å². The summed E-state index contributed by atoms with van der Waals surface area (Å²) in [6, 6.07) is 15.4. The van der Waals surface area contributed by atoms with E-state index in [1.54, 1.807) is 7.11 Å². The van der Waals surface area contributed by atoms with Crippen LogP contribution in [0, 0.1) is 6.92 Å². The molecule has 0 aliphatic carbocycles. The molecular weight excluding hydrogens is 290 g/mol. The smallest absolute Gasteiger partial charge is 0.223 e. The maximum atomic E-state index is 12.1. The van der Waals surface area contributed by atoms with Crippen molar-refractivity contribution in [2.75, 3.05) is 13.7 Å². The summed E-state index contributed by atoms with van der Waals surface area (Å²) in [5.41, 5.74) is 2.10. The van der Waals surface area contributed by atoms with E-state index in [-0.39, 0.29) is 11.9 Å². The molecule has 0 heterocycles. The van der Waals surface area contributed by atoms with Gasteiger partial charge in [0.1, 0.15) is 11.5 Å². The van der Waals surface area contributed by atoms with Crippen molar-refractivity contribution >= 4 is 5.91 Å². The van der Waals surface area contributed by atoms with Crippen LogP contribution in [0.5, 0.6) is 11.5 Å². The summed E-state index contributed by atoms with van der Waals surface area (Å²) in [5.74, 6) is 1.52. The fraction of sp³-hybridized carbons (Fsp3) is 0.316. The lowest BCUT2D eigenvalue weighted by Gasteiger charge is -2.17. The minimum Gasteiger partial charge on any atom is -0.496 e. The van der Waals surface area contributed by atoms with Gasteiger partial charge in [0, 0.05) is 5.56 Å². The molecule has 23 heavy (non-hydrogen) atoms. The highest BCUT2D eigenvalue weighted by Gasteiger charge is 2.13. The molecule has 0 radical (unpaired) electrons. The normalized spacial score (nSPS) is 11.6. The van der Waals surface area contributed by atoms with Gasteiger partial charge in [0.2, 0.25) is 5.91 Å². The van der Waals surface area contributed by atoms with Crippen LogP contribution in [0.2, 0.25) is 0 Å². The number of hydrogen-bond donors (Lipinski definition) is 1. The molecule has 4 nitrogen and oxygen atoms in total. The molecule has 2 aromatic rings. The minimum absolute atomic E-state index is 0.0453. The largest absolute Gasteiger partial charge is 0.496 e. The summed E-state index contributed by atoms with van der Waals surface area (Å²) >= 11 is 0. The Kier molecular flexibility index (Phi) is 6.03. The van der Waals surface area contributed by atoms with E-state index in [1.807, 2.05) is 62.4 Å². The van der Waals surface area contributed by atoms with Gasteiger partial charge in [-0.2, -0.15) is 0 Å². The fourth-order valence-corrected chi connectivity index (χ4v) is 2.38. The second-order valence-corrected chi connectivity index (χ2v) is 5.45. The van der Waals surface area contributed by atoms with Crippen molar-refractivity contribution in [1.82, 2.24) is 5.32 Å². The quantitative estimate of drug-likeness (QED) is 0.849. The number of carbonyl (C=O) groups excluding carboxylic acids is 1. The standard InChI is InChI=1S/C19H23NO3/c1-14-7-6-8-16(13-14)23-12-11-19(21)20-15(2)17-9-4-5-10-18(17)22-3/h4-10,13,15H,11-12H2,1-3H3,(H,20,21)/t15-/m1/s1. The zero-order valence-electron chi connectivity index (χ0n) is 13.8. The first kappa shape index (κ1) is 16.9. The molecule has 4 heteroatoms. The van der Waals surface area contributed by atoms with E-state index in [0.717, 1.165) is 22.6 Å². The number of ether oxygens (including phenoxy) is 2. The summed E-state index contributed by atoms with van der Waals surface area (Å²) in [6.07, 6.45) is 0.313. The van der Waals surface area contributed by atoms with E-state index in [9.17, 15) is 4.79 Å². The zero-order valence-corrected chi connectivity index (χ0v) is 13.8. The molecule has 1 amide bonds. The SMILES string of the molecule is COc1ccccc1[C@@H](C)NC(=O)CCOc1cccc(C)c1. The molecule has 2 rings (SSSR count). The van der Waals surface area contributed by atoms with Gasteiger partial charge in [0.05, 0.1) is 26.2 Å². The number of nitrogens with one attached hydrogen (secondary N) is 1. The zero-order chi connectivity index (χ0) is 16.7. The molecule has 122 valence electrons. The van der Waals surface area contributed by atoms with Crippen molar-refractivity contribution in [1.29, 1.82) is 0 Å². The first-order valence-electron chi connectivity index (χ1n) is 7.72. The van der Waals surface area contributed by atoms with Gasteiger partial charge in [-0.3, -0.25) is 4.79 Å². The molecule has 0 saturated carbocycles. The molecule has 0 unspecified atom stereocenters. The fourth-order valence-electron chi connectivity index (χ4n) is 2.38. The molecule has 0 bridgehead atoms. The number of rotatable bonds is 7. The summed E-state index contributed by atoms with van der Waals surface area (Å²) in [5, 5.41) is 2.97.